The van der Waals surface area contributed by atoms with Gasteiger partial charge in [-0.25, -0.2) is 0 Å². The zero-order valence-electron chi connectivity index (χ0n) is 12.7. The number of fused-ring (bicyclic) bond motifs is 1. The maximum Gasteiger partial charge on any atom is 0.270 e. The Morgan fingerprint density at radius 2 is 1.83 bits per heavy atom. The first-order valence-corrected chi connectivity index (χ1v) is 7.60. The number of nitrogens with zero attached hydrogens (tertiary/aromatic N) is 1. The van der Waals surface area contributed by atoms with Gasteiger partial charge >= 0.3 is 0 Å². The van der Waals surface area contributed by atoms with E-state index in [9.17, 15) is 4.79 Å². The van der Waals surface area contributed by atoms with E-state index in [1.807, 2.05) is 48.5 Å². The maximum absolute atomic E-state index is 12.4. The lowest BCUT2D eigenvalue weighted by Crippen LogP contribution is -2.40. The van der Waals surface area contributed by atoms with Crippen LogP contribution in [0.4, 0.5) is 5.82 Å². The average Bonchev–Trinajstić information content (AvgIpc) is 3.10. The Labute approximate surface area is 138 Å². The average molecular weight is 321 g/mol. The zero-order chi connectivity index (χ0) is 16.4. The molecule has 1 aliphatic heterocycles. The first kappa shape index (κ1) is 14.3. The van der Waals surface area contributed by atoms with Gasteiger partial charge in [-0.1, -0.05) is 42.5 Å². The maximum atomic E-state index is 12.4. The van der Waals surface area contributed by atoms with Gasteiger partial charge in [0.2, 0.25) is 6.10 Å². The summed E-state index contributed by atoms with van der Waals surface area (Å²) >= 11 is 0. The predicted molar refractivity (Wildman–Crippen MR) is 89.0 cm³/mol. The number of hydrogen-bond acceptors (Lipinski definition) is 4. The summed E-state index contributed by atoms with van der Waals surface area (Å²) in [6.07, 6.45) is -0.711. The number of nitrogens with one attached hydrogen (secondary N) is 2. The van der Waals surface area contributed by atoms with Crippen molar-refractivity contribution in [2.75, 3.05) is 11.9 Å². The number of carbonyl (C=O) groups excluding carboxylic acids is 1. The van der Waals surface area contributed by atoms with Gasteiger partial charge in [0.1, 0.15) is 6.61 Å². The van der Waals surface area contributed by atoms with Gasteiger partial charge in [-0.05, 0) is 17.7 Å². The fourth-order valence-electron chi connectivity index (χ4n) is 2.51. The van der Waals surface area contributed by atoms with Crippen LogP contribution in [0, 0.1) is 0 Å². The quantitative estimate of drug-likeness (QED) is 0.778. The number of rotatable bonds is 3. The molecule has 0 bridgehead atoms. The van der Waals surface area contributed by atoms with Gasteiger partial charge in [0.05, 0.1) is 5.69 Å². The van der Waals surface area contributed by atoms with Crippen LogP contribution in [0.2, 0.25) is 0 Å². The molecule has 0 saturated carbocycles. The largest absolute Gasteiger partial charge is 0.485 e. The molecule has 0 fully saturated rings. The topological polar surface area (TPSA) is 76.2 Å². The first-order chi connectivity index (χ1) is 11.8. The van der Waals surface area contributed by atoms with Crippen molar-refractivity contribution in [3.8, 4) is 22.8 Å². The van der Waals surface area contributed by atoms with Gasteiger partial charge in [0.25, 0.3) is 5.91 Å². The number of ether oxygens (including phenoxy) is 2. The molecule has 2 N–H and O–H groups in total. The van der Waals surface area contributed by atoms with Crippen molar-refractivity contribution in [1.29, 1.82) is 0 Å². The number of H-pyrrole nitrogens is 1. The minimum Gasteiger partial charge on any atom is -0.485 e. The summed E-state index contributed by atoms with van der Waals surface area (Å²) in [6.45, 7) is 0.165. The van der Waals surface area contributed by atoms with Gasteiger partial charge in [-0.2, -0.15) is 5.10 Å². The Balaban J connectivity index is 1.45. The third-order valence-electron chi connectivity index (χ3n) is 3.71. The van der Waals surface area contributed by atoms with Crippen molar-refractivity contribution in [1.82, 2.24) is 10.2 Å². The monoisotopic (exact) mass is 321 g/mol. The molecule has 0 saturated heterocycles. The van der Waals surface area contributed by atoms with Gasteiger partial charge < -0.3 is 14.8 Å². The number of hydrogen-bond donors (Lipinski definition) is 2. The number of para-hydroxylation sites is 2. The molecule has 6 nitrogen and oxygen atoms in total. The summed E-state index contributed by atoms with van der Waals surface area (Å²) in [5.74, 6) is 1.36. The summed E-state index contributed by atoms with van der Waals surface area (Å²) in [7, 11) is 0. The lowest BCUT2D eigenvalue weighted by atomic mass is 10.1. The van der Waals surface area contributed by atoms with Gasteiger partial charge in [-0.15, -0.1) is 0 Å². The predicted octanol–water partition coefficient (Wildman–Crippen LogP) is 2.86. The Kier molecular flexibility index (Phi) is 3.63. The molecule has 1 amide bonds. The number of aromatic amines is 1. The van der Waals surface area contributed by atoms with E-state index in [-0.39, 0.29) is 12.5 Å². The molecule has 1 atom stereocenters. The smallest absolute Gasteiger partial charge is 0.270 e. The summed E-state index contributed by atoms with van der Waals surface area (Å²) in [4.78, 5) is 12.4. The van der Waals surface area contributed by atoms with Crippen molar-refractivity contribution >= 4 is 11.7 Å². The van der Waals surface area contributed by atoms with Crippen LogP contribution in [0.3, 0.4) is 0 Å². The van der Waals surface area contributed by atoms with E-state index in [4.69, 9.17) is 9.47 Å². The van der Waals surface area contributed by atoms with Crippen LogP contribution in [0.15, 0.2) is 60.7 Å². The summed E-state index contributed by atoms with van der Waals surface area (Å²) < 4.78 is 11.2. The van der Waals surface area contributed by atoms with Crippen molar-refractivity contribution in [2.24, 2.45) is 0 Å². The second-order valence-corrected chi connectivity index (χ2v) is 5.39. The number of carbonyl (C=O) groups is 1. The Morgan fingerprint density at radius 3 is 2.67 bits per heavy atom. The molecule has 24 heavy (non-hydrogen) atoms. The van der Waals surface area contributed by atoms with Crippen LogP contribution in [0.25, 0.3) is 11.3 Å². The molecule has 4 rings (SSSR count). The van der Waals surface area contributed by atoms with Gasteiger partial charge in [-0.3, -0.25) is 9.89 Å². The molecule has 2 heterocycles. The lowest BCUT2D eigenvalue weighted by molar-refractivity contribution is -0.125. The van der Waals surface area contributed by atoms with Crippen molar-refractivity contribution in [3.63, 3.8) is 0 Å². The normalized spacial score (nSPS) is 15.8. The van der Waals surface area contributed by atoms with Crippen LogP contribution < -0.4 is 14.8 Å². The van der Waals surface area contributed by atoms with Crippen LogP contribution in [-0.4, -0.2) is 28.8 Å². The van der Waals surface area contributed by atoms with E-state index in [2.05, 4.69) is 15.5 Å². The van der Waals surface area contributed by atoms with Crippen molar-refractivity contribution < 1.29 is 14.3 Å². The third kappa shape index (κ3) is 2.81. The minimum atomic E-state index is -0.711. The van der Waals surface area contributed by atoms with Crippen LogP contribution in [0.1, 0.15) is 0 Å². The number of benzene rings is 2. The van der Waals surface area contributed by atoms with E-state index >= 15 is 0 Å². The molecule has 1 aromatic heterocycles. The zero-order valence-corrected chi connectivity index (χ0v) is 12.7. The van der Waals surface area contributed by atoms with Gasteiger partial charge in [0, 0.05) is 6.07 Å². The summed E-state index contributed by atoms with van der Waals surface area (Å²) in [5, 5.41) is 9.77. The molecular formula is C18H15N3O3. The standard InChI is InChI=1S/C18H15N3O3/c22-18(16-11-23-14-8-4-5-9-15(14)24-16)19-17-10-13(20-21-17)12-6-2-1-3-7-12/h1-10,16H,11H2,(H2,19,20,21,22)/t16-/m1/s1. The molecular weight excluding hydrogens is 306 g/mol. The first-order valence-electron chi connectivity index (χ1n) is 7.60. The van der Waals surface area contributed by atoms with E-state index in [1.54, 1.807) is 12.1 Å². The Hall–Kier alpha value is -3.28. The number of anilines is 1. The van der Waals surface area contributed by atoms with Crippen LogP contribution in [0.5, 0.6) is 11.5 Å². The second kappa shape index (κ2) is 6.08. The molecule has 3 aromatic rings. The molecule has 120 valence electrons. The second-order valence-electron chi connectivity index (χ2n) is 5.39. The van der Waals surface area contributed by atoms with Crippen LogP contribution >= 0.6 is 0 Å². The molecule has 0 spiro atoms. The van der Waals surface area contributed by atoms with Crippen LogP contribution in [-0.2, 0) is 4.79 Å². The Morgan fingerprint density at radius 1 is 1.08 bits per heavy atom. The highest BCUT2D eigenvalue weighted by molar-refractivity contribution is 5.94. The van der Waals surface area contributed by atoms with Crippen molar-refractivity contribution in [3.05, 3.63) is 60.7 Å². The van der Waals surface area contributed by atoms with E-state index < -0.39 is 6.10 Å². The minimum absolute atomic E-state index is 0.165. The highest BCUT2D eigenvalue weighted by Gasteiger charge is 2.27. The molecule has 0 aliphatic carbocycles. The summed E-state index contributed by atoms with van der Waals surface area (Å²) in [6, 6.07) is 18.8. The lowest BCUT2D eigenvalue weighted by Gasteiger charge is -2.25. The molecule has 2 aromatic carbocycles. The third-order valence-corrected chi connectivity index (χ3v) is 3.71. The van der Waals surface area contributed by atoms with E-state index in [0.29, 0.717) is 17.3 Å². The number of aromatic nitrogens is 2. The fourth-order valence-corrected chi connectivity index (χ4v) is 2.51. The number of amides is 1. The molecule has 0 radical (unpaired) electrons. The molecule has 6 heteroatoms. The van der Waals surface area contributed by atoms with Gasteiger partial charge in [0.15, 0.2) is 17.3 Å². The Bertz CT molecular complexity index is 861. The van der Waals surface area contributed by atoms with E-state index in [0.717, 1.165) is 11.3 Å². The molecule has 0 unspecified atom stereocenters. The van der Waals surface area contributed by atoms with E-state index in [1.165, 1.54) is 0 Å². The van der Waals surface area contributed by atoms with Crippen molar-refractivity contribution in [2.45, 2.75) is 6.10 Å². The highest BCUT2D eigenvalue weighted by atomic mass is 16.6. The summed E-state index contributed by atoms with van der Waals surface area (Å²) in [5.41, 5.74) is 1.83. The SMILES string of the molecule is O=C(Nc1cc(-c2ccccc2)[nH]n1)[C@H]1COc2ccccc2O1. The highest BCUT2D eigenvalue weighted by Crippen LogP contribution is 2.31. The fraction of sp³-hybridized carbons (Fsp3) is 0.111. The molecule has 1 aliphatic rings.